The van der Waals surface area contributed by atoms with E-state index in [1.807, 2.05) is 11.8 Å². The minimum Gasteiger partial charge on any atom is -0.368 e. The Balaban J connectivity index is 1.68. The fourth-order valence-electron chi connectivity index (χ4n) is 2.25. The topological polar surface area (TPSA) is 60.2 Å². The van der Waals surface area contributed by atoms with E-state index in [1.165, 1.54) is 0 Å². The molecule has 0 aromatic carbocycles. The van der Waals surface area contributed by atoms with Crippen LogP contribution in [-0.4, -0.2) is 41.3 Å². The summed E-state index contributed by atoms with van der Waals surface area (Å²) in [7, 11) is 0. The molecule has 0 amide bonds. The Morgan fingerprint density at radius 2 is 2.18 bits per heavy atom. The highest BCUT2D eigenvalue weighted by molar-refractivity contribution is 7.99. The van der Waals surface area contributed by atoms with Crippen LogP contribution in [0.1, 0.15) is 36.6 Å². The molecule has 1 aromatic rings. The van der Waals surface area contributed by atoms with Gasteiger partial charge in [0.05, 0.1) is 6.61 Å². The van der Waals surface area contributed by atoms with Crippen LogP contribution >= 0.6 is 11.8 Å². The van der Waals surface area contributed by atoms with Crippen LogP contribution in [0, 0.1) is 0 Å². The van der Waals surface area contributed by atoms with E-state index in [0.29, 0.717) is 5.92 Å². The molecule has 3 heterocycles. The Labute approximate surface area is 105 Å². The number of piperidine rings is 1. The molecule has 5 nitrogen and oxygen atoms in total. The van der Waals surface area contributed by atoms with E-state index in [4.69, 9.17) is 9.26 Å². The van der Waals surface area contributed by atoms with Crippen LogP contribution in [0.25, 0.3) is 0 Å². The molecule has 0 radical (unpaired) electrons. The third kappa shape index (κ3) is 2.64. The zero-order valence-electron chi connectivity index (χ0n) is 9.72. The van der Waals surface area contributed by atoms with Gasteiger partial charge in [-0.05, 0) is 25.9 Å². The van der Waals surface area contributed by atoms with E-state index in [2.05, 4.69) is 15.5 Å². The van der Waals surface area contributed by atoms with Gasteiger partial charge in [0.15, 0.2) is 0 Å². The Hall–Kier alpha value is -0.590. The molecule has 1 atom stereocenters. The molecule has 2 aliphatic rings. The molecule has 2 fully saturated rings. The highest BCUT2D eigenvalue weighted by Gasteiger charge is 2.26. The first-order chi connectivity index (χ1) is 8.43. The van der Waals surface area contributed by atoms with Crippen LogP contribution in [0.4, 0.5) is 0 Å². The lowest BCUT2D eigenvalue weighted by Crippen LogP contribution is -2.26. The van der Waals surface area contributed by atoms with Gasteiger partial charge >= 0.3 is 0 Å². The van der Waals surface area contributed by atoms with E-state index < -0.39 is 0 Å². The molecule has 0 saturated carbocycles. The van der Waals surface area contributed by atoms with E-state index in [1.54, 1.807) is 0 Å². The predicted molar refractivity (Wildman–Crippen MR) is 65.2 cm³/mol. The Morgan fingerprint density at radius 3 is 2.94 bits per heavy atom. The molecule has 2 saturated heterocycles. The minimum atomic E-state index is 0.0213. The zero-order chi connectivity index (χ0) is 11.5. The third-order valence-electron chi connectivity index (χ3n) is 3.25. The van der Waals surface area contributed by atoms with E-state index >= 15 is 0 Å². The van der Waals surface area contributed by atoms with E-state index in [-0.39, 0.29) is 6.10 Å². The summed E-state index contributed by atoms with van der Waals surface area (Å²) in [5.74, 6) is 3.95. The highest BCUT2D eigenvalue weighted by atomic mass is 32.2. The largest absolute Gasteiger partial charge is 0.368 e. The highest BCUT2D eigenvalue weighted by Crippen LogP contribution is 2.28. The van der Waals surface area contributed by atoms with Crippen molar-refractivity contribution in [2.75, 3.05) is 31.2 Å². The molecule has 1 unspecified atom stereocenters. The summed E-state index contributed by atoms with van der Waals surface area (Å²) in [5.41, 5.74) is 0. The summed E-state index contributed by atoms with van der Waals surface area (Å²) in [4.78, 5) is 4.51. The van der Waals surface area contributed by atoms with Crippen molar-refractivity contribution in [2.24, 2.45) is 0 Å². The summed E-state index contributed by atoms with van der Waals surface area (Å²) in [6, 6.07) is 0. The molecule has 0 aliphatic carbocycles. The van der Waals surface area contributed by atoms with Crippen LogP contribution in [-0.2, 0) is 4.74 Å². The van der Waals surface area contributed by atoms with Crippen molar-refractivity contribution in [2.45, 2.75) is 24.9 Å². The summed E-state index contributed by atoms with van der Waals surface area (Å²) in [5, 5.41) is 7.41. The first kappa shape index (κ1) is 11.5. The molecular weight excluding hydrogens is 238 g/mol. The zero-order valence-corrected chi connectivity index (χ0v) is 10.5. The van der Waals surface area contributed by atoms with Crippen LogP contribution in [0.15, 0.2) is 4.52 Å². The van der Waals surface area contributed by atoms with Crippen LogP contribution in [0.5, 0.6) is 0 Å². The molecule has 94 valence electrons. The van der Waals surface area contributed by atoms with Gasteiger partial charge in [0.2, 0.25) is 11.7 Å². The molecule has 0 spiro atoms. The molecule has 1 aromatic heterocycles. The van der Waals surface area contributed by atoms with Crippen LogP contribution in [0.3, 0.4) is 0 Å². The first-order valence-electron chi connectivity index (χ1n) is 6.17. The van der Waals surface area contributed by atoms with Gasteiger partial charge in [-0.15, -0.1) is 0 Å². The maximum atomic E-state index is 5.65. The molecule has 1 N–H and O–H groups in total. The quantitative estimate of drug-likeness (QED) is 0.860. The number of hydrogen-bond acceptors (Lipinski definition) is 6. The van der Waals surface area contributed by atoms with E-state index in [0.717, 1.165) is 55.8 Å². The van der Waals surface area contributed by atoms with Crippen molar-refractivity contribution in [3.8, 4) is 0 Å². The maximum Gasteiger partial charge on any atom is 0.229 e. The van der Waals surface area contributed by atoms with Gasteiger partial charge in [0, 0.05) is 17.4 Å². The third-order valence-corrected chi connectivity index (χ3v) is 4.24. The lowest BCUT2D eigenvalue weighted by molar-refractivity contribution is 0.0677. The number of nitrogens with zero attached hydrogens (tertiary/aromatic N) is 2. The summed E-state index contributed by atoms with van der Waals surface area (Å²) >= 11 is 1.89. The van der Waals surface area contributed by atoms with Crippen molar-refractivity contribution in [3.05, 3.63) is 11.7 Å². The summed E-state index contributed by atoms with van der Waals surface area (Å²) in [6.07, 6.45) is 2.19. The average molecular weight is 255 g/mol. The maximum absolute atomic E-state index is 5.65. The first-order valence-corrected chi connectivity index (χ1v) is 7.32. The van der Waals surface area contributed by atoms with Crippen LogP contribution < -0.4 is 5.32 Å². The van der Waals surface area contributed by atoms with Gasteiger partial charge in [-0.1, -0.05) is 5.16 Å². The second-order valence-corrected chi connectivity index (χ2v) is 5.60. The second kappa shape index (κ2) is 5.37. The standard InChI is InChI=1S/C11H17N3O2S/c1-3-12-4-2-8(1)11-13-10(14-16-11)9-7-17-6-5-15-9/h8-9,12H,1-7H2. The fourth-order valence-corrected chi connectivity index (χ4v) is 3.09. The van der Waals surface area contributed by atoms with Gasteiger partial charge in [0.25, 0.3) is 0 Å². The van der Waals surface area contributed by atoms with Crippen molar-refractivity contribution in [1.29, 1.82) is 0 Å². The lowest BCUT2D eigenvalue weighted by Gasteiger charge is -2.19. The lowest BCUT2D eigenvalue weighted by atomic mass is 9.98. The Morgan fingerprint density at radius 1 is 1.29 bits per heavy atom. The number of thioether (sulfide) groups is 1. The SMILES string of the molecule is C1CC(c2nc(C3CSCCO3)no2)CCN1. The minimum absolute atomic E-state index is 0.0213. The molecule has 6 heteroatoms. The number of rotatable bonds is 2. The molecule has 17 heavy (non-hydrogen) atoms. The van der Waals surface area contributed by atoms with Crippen molar-refractivity contribution < 1.29 is 9.26 Å². The summed E-state index contributed by atoms with van der Waals surface area (Å²) in [6.45, 7) is 2.86. The monoisotopic (exact) mass is 255 g/mol. The summed E-state index contributed by atoms with van der Waals surface area (Å²) < 4.78 is 11.0. The Kier molecular flexibility index (Phi) is 3.63. The van der Waals surface area contributed by atoms with Gasteiger partial charge in [-0.3, -0.25) is 0 Å². The van der Waals surface area contributed by atoms with Crippen LogP contribution in [0.2, 0.25) is 0 Å². The Bertz CT molecular complexity index is 327. The van der Waals surface area contributed by atoms with Gasteiger partial charge in [-0.25, -0.2) is 0 Å². The van der Waals surface area contributed by atoms with Gasteiger partial charge in [0.1, 0.15) is 6.10 Å². The van der Waals surface area contributed by atoms with Crippen molar-refractivity contribution in [3.63, 3.8) is 0 Å². The fraction of sp³-hybridized carbons (Fsp3) is 0.818. The normalized spacial score (nSPS) is 27.2. The van der Waals surface area contributed by atoms with Gasteiger partial charge in [-0.2, -0.15) is 16.7 Å². The van der Waals surface area contributed by atoms with Gasteiger partial charge < -0.3 is 14.6 Å². The predicted octanol–water partition coefficient (Wildman–Crippen LogP) is 1.34. The number of aromatic nitrogens is 2. The number of hydrogen-bond donors (Lipinski definition) is 1. The van der Waals surface area contributed by atoms with E-state index in [9.17, 15) is 0 Å². The number of ether oxygens (including phenoxy) is 1. The smallest absolute Gasteiger partial charge is 0.229 e. The molecular formula is C11H17N3O2S. The van der Waals surface area contributed by atoms with Crippen molar-refractivity contribution in [1.82, 2.24) is 15.5 Å². The second-order valence-electron chi connectivity index (χ2n) is 4.45. The number of nitrogens with one attached hydrogen (secondary N) is 1. The molecule has 0 bridgehead atoms. The molecule has 3 rings (SSSR count). The molecule has 2 aliphatic heterocycles. The van der Waals surface area contributed by atoms with Crippen molar-refractivity contribution >= 4 is 11.8 Å². The average Bonchev–Trinajstić information content (AvgIpc) is 2.90.